The Balaban J connectivity index is 2.57. The van der Waals surface area contributed by atoms with Crippen LogP contribution in [0.3, 0.4) is 0 Å². The van der Waals surface area contributed by atoms with E-state index in [-0.39, 0.29) is 38.2 Å². The highest BCUT2D eigenvalue weighted by Gasteiger charge is 2.34. The number of aliphatic carboxylic acids is 1. The molecule has 0 radical (unpaired) electrons. The zero-order chi connectivity index (χ0) is 14.3. The fourth-order valence-corrected chi connectivity index (χ4v) is 1.84. The number of nitrogens with zero attached hydrogens (tertiary/aromatic N) is 2. The average Bonchev–Trinajstić information content (AvgIpc) is 3.18. The van der Waals surface area contributed by atoms with Crippen LogP contribution in [0, 0.1) is 0 Å². The lowest BCUT2D eigenvalue weighted by Gasteiger charge is -2.30. The van der Waals surface area contributed by atoms with Crippen LogP contribution in [0.4, 0.5) is 4.79 Å². The molecule has 7 heteroatoms. The summed E-state index contributed by atoms with van der Waals surface area (Å²) in [6.07, 6.45) is 1.78. The third kappa shape index (κ3) is 5.44. The molecule has 2 amide bonds. The van der Waals surface area contributed by atoms with Gasteiger partial charge in [0, 0.05) is 32.8 Å². The summed E-state index contributed by atoms with van der Waals surface area (Å²) in [5.74, 6) is -0.913. The van der Waals surface area contributed by atoms with Crippen LogP contribution < -0.4 is 0 Å². The first-order valence-corrected chi connectivity index (χ1v) is 6.47. The van der Waals surface area contributed by atoms with Crippen LogP contribution in [0.5, 0.6) is 0 Å². The Labute approximate surface area is 112 Å². The Hall–Kier alpha value is -1.34. The van der Waals surface area contributed by atoms with E-state index in [0.717, 1.165) is 12.8 Å². The molecular formula is C12H22N2O5. The van der Waals surface area contributed by atoms with Crippen molar-refractivity contribution in [2.45, 2.75) is 25.3 Å². The van der Waals surface area contributed by atoms with Gasteiger partial charge in [0.1, 0.15) is 0 Å². The Morgan fingerprint density at radius 2 is 1.95 bits per heavy atom. The predicted octanol–water partition coefficient (Wildman–Crippen LogP) is -0.0138. The first kappa shape index (κ1) is 15.7. The van der Waals surface area contributed by atoms with Crippen LogP contribution in [-0.2, 0) is 9.53 Å². The van der Waals surface area contributed by atoms with Crippen LogP contribution in [0.2, 0.25) is 0 Å². The molecule has 0 saturated heterocycles. The summed E-state index contributed by atoms with van der Waals surface area (Å²) in [6, 6.07) is -0.0644. The standard InChI is InChI=1S/C12H22N2O5/c1-19-9-7-13(6-8-15)12(18)14(10-2-3-10)5-4-11(16)17/h10,15H,2-9H2,1H3,(H,16,17). The molecule has 19 heavy (non-hydrogen) atoms. The molecule has 0 aromatic carbocycles. The first-order chi connectivity index (χ1) is 9.10. The topological polar surface area (TPSA) is 90.3 Å². The molecule has 0 unspecified atom stereocenters. The third-order valence-electron chi connectivity index (χ3n) is 3.01. The first-order valence-electron chi connectivity index (χ1n) is 6.47. The summed E-state index contributed by atoms with van der Waals surface area (Å²) in [7, 11) is 1.55. The minimum atomic E-state index is -0.913. The summed E-state index contributed by atoms with van der Waals surface area (Å²) in [4.78, 5) is 26.1. The van der Waals surface area contributed by atoms with Crippen molar-refractivity contribution in [2.24, 2.45) is 0 Å². The molecule has 0 aliphatic heterocycles. The SMILES string of the molecule is COCCN(CCO)C(=O)N(CCC(=O)O)C1CC1. The summed E-state index contributed by atoms with van der Waals surface area (Å²) < 4.78 is 4.93. The number of hydrogen-bond donors (Lipinski definition) is 2. The number of rotatable bonds is 9. The van der Waals surface area contributed by atoms with E-state index in [1.54, 1.807) is 12.0 Å². The molecule has 1 fully saturated rings. The molecule has 2 N–H and O–H groups in total. The number of hydrogen-bond acceptors (Lipinski definition) is 4. The molecule has 0 atom stereocenters. The van der Waals surface area contributed by atoms with Gasteiger partial charge in [-0.05, 0) is 12.8 Å². The highest BCUT2D eigenvalue weighted by atomic mass is 16.5. The van der Waals surface area contributed by atoms with E-state index in [2.05, 4.69) is 0 Å². The van der Waals surface area contributed by atoms with Crippen molar-refractivity contribution in [3.63, 3.8) is 0 Å². The van der Waals surface area contributed by atoms with Gasteiger partial charge < -0.3 is 24.7 Å². The van der Waals surface area contributed by atoms with E-state index in [4.69, 9.17) is 14.9 Å². The number of urea groups is 1. The average molecular weight is 274 g/mol. The number of aliphatic hydroxyl groups is 1. The quantitative estimate of drug-likeness (QED) is 0.617. The zero-order valence-corrected chi connectivity index (χ0v) is 11.2. The van der Waals surface area contributed by atoms with E-state index in [0.29, 0.717) is 13.2 Å². The normalized spacial score (nSPS) is 14.2. The van der Waals surface area contributed by atoms with Crippen molar-refractivity contribution in [1.29, 1.82) is 0 Å². The van der Waals surface area contributed by atoms with Gasteiger partial charge in [0.2, 0.25) is 0 Å². The van der Waals surface area contributed by atoms with Crippen molar-refractivity contribution in [2.75, 3.05) is 40.0 Å². The summed E-state index contributed by atoms with van der Waals surface area (Å²) in [5.41, 5.74) is 0. The number of amides is 2. The van der Waals surface area contributed by atoms with Crippen LogP contribution in [0.15, 0.2) is 0 Å². The number of carboxylic acid groups (broad SMARTS) is 1. The molecule has 0 aromatic rings. The second kappa shape index (κ2) is 7.96. The molecule has 0 spiro atoms. The van der Waals surface area contributed by atoms with Crippen molar-refractivity contribution in [1.82, 2.24) is 9.80 Å². The molecule has 7 nitrogen and oxygen atoms in total. The second-order valence-electron chi connectivity index (χ2n) is 4.55. The Kier molecular flexibility index (Phi) is 6.58. The lowest BCUT2D eigenvalue weighted by Crippen LogP contribution is -2.47. The monoisotopic (exact) mass is 274 g/mol. The Bertz CT molecular complexity index is 306. The number of aliphatic hydroxyl groups excluding tert-OH is 1. The maximum atomic E-state index is 12.3. The molecule has 1 saturated carbocycles. The molecule has 1 aliphatic rings. The van der Waals surface area contributed by atoms with Crippen molar-refractivity contribution in [3.8, 4) is 0 Å². The van der Waals surface area contributed by atoms with Crippen LogP contribution in [0.25, 0.3) is 0 Å². The van der Waals surface area contributed by atoms with Gasteiger partial charge in [-0.1, -0.05) is 0 Å². The fraction of sp³-hybridized carbons (Fsp3) is 0.833. The highest BCUT2D eigenvalue weighted by Crippen LogP contribution is 2.27. The molecule has 0 heterocycles. The minimum absolute atomic E-state index is 0.0561. The number of methoxy groups -OCH3 is 1. The molecular weight excluding hydrogens is 252 g/mol. The summed E-state index contributed by atoms with van der Waals surface area (Å²) >= 11 is 0. The zero-order valence-electron chi connectivity index (χ0n) is 11.2. The second-order valence-corrected chi connectivity index (χ2v) is 4.55. The van der Waals surface area contributed by atoms with Gasteiger partial charge >= 0.3 is 12.0 Å². The van der Waals surface area contributed by atoms with E-state index >= 15 is 0 Å². The van der Waals surface area contributed by atoms with Crippen LogP contribution in [0.1, 0.15) is 19.3 Å². The summed E-state index contributed by atoms with van der Waals surface area (Å²) in [5, 5.41) is 17.7. The molecule has 1 rings (SSSR count). The van der Waals surface area contributed by atoms with Gasteiger partial charge in [-0.2, -0.15) is 0 Å². The smallest absolute Gasteiger partial charge is 0.320 e. The summed E-state index contributed by atoms with van der Waals surface area (Å²) in [6.45, 7) is 1.12. The lowest BCUT2D eigenvalue weighted by molar-refractivity contribution is -0.137. The van der Waals surface area contributed by atoms with E-state index < -0.39 is 5.97 Å². The maximum Gasteiger partial charge on any atom is 0.320 e. The van der Waals surface area contributed by atoms with Crippen molar-refractivity contribution in [3.05, 3.63) is 0 Å². The minimum Gasteiger partial charge on any atom is -0.481 e. The number of carbonyl (C=O) groups excluding carboxylic acids is 1. The van der Waals surface area contributed by atoms with Gasteiger partial charge in [0.25, 0.3) is 0 Å². The van der Waals surface area contributed by atoms with Gasteiger partial charge in [-0.25, -0.2) is 4.79 Å². The van der Waals surface area contributed by atoms with Gasteiger partial charge in [0.05, 0.1) is 19.6 Å². The lowest BCUT2D eigenvalue weighted by atomic mass is 10.3. The van der Waals surface area contributed by atoms with Crippen molar-refractivity contribution < 1.29 is 24.5 Å². The van der Waals surface area contributed by atoms with Crippen LogP contribution in [-0.4, -0.2) is 78.0 Å². The highest BCUT2D eigenvalue weighted by molar-refractivity contribution is 5.76. The molecule has 1 aliphatic carbocycles. The molecule has 0 aromatic heterocycles. The number of carbonyl (C=O) groups is 2. The van der Waals surface area contributed by atoms with Gasteiger partial charge in [0.15, 0.2) is 0 Å². The van der Waals surface area contributed by atoms with E-state index in [9.17, 15) is 9.59 Å². The fourth-order valence-electron chi connectivity index (χ4n) is 1.84. The van der Waals surface area contributed by atoms with Gasteiger partial charge in [-0.3, -0.25) is 4.79 Å². The number of ether oxygens (including phenoxy) is 1. The Morgan fingerprint density at radius 3 is 2.42 bits per heavy atom. The van der Waals surface area contributed by atoms with Crippen molar-refractivity contribution >= 4 is 12.0 Å². The van der Waals surface area contributed by atoms with Crippen LogP contribution >= 0.6 is 0 Å². The molecule has 110 valence electrons. The van der Waals surface area contributed by atoms with E-state index in [1.807, 2.05) is 0 Å². The van der Waals surface area contributed by atoms with Gasteiger partial charge in [-0.15, -0.1) is 0 Å². The third-order valence-corrected chi connectivity index (χ3v) is 3.01. The largest absolute Gasteiger partial charge is 0.481 e. The maximum absolute atomic E-state index is 12.3. The van der Waals surface area contributed by atoms with E-state index in [1.165, 1.54) is 4.90 Å². The number of carboxylic acids is 1. The molecule has 0 bridgehead atoms. The Morgan fingerprint density at radius 1 is 1.26 bits per heavy atom. The predicted molar refractivity (Wildman–Crippen MR) is 67.9 cm³/mol.